The first kappa shape index (κ1) is 27.3. The molecule has 0 aromatic heterocycles. The fraction of sp³-hybridized carbons (Fsp3) is 0.440. The monoisotopic (exact) mass is 416 g/mol. The third kappa shape index (κ3) is 11.4. The number of carboxylic acids is 1. The number of Topliss-reactive ketones (excluding diaryl/α,β-unsaturated/α-hetero) is 1. The molecule has 0 unspecified atom stereocenters. The van der Waals surface area contributed by atoms with E-state index in [1.54, 1.807) is 34.0 Å². The Balaban J connectivity index is 0.00000103. The molecule has 0 aliphatic heterocycles. The minimum absolute atomic E-state index is 0.0231. The number of aliphatic carboxylic acids is 1. The molecule has 0 radical (unpaired) electrons. The summed E-state index contributed by atoms with van der Waals surface area (Å²) < 4.78 is 5.64. The molecule has 5 heteroatoms. The van der Waals surface area contributed by atoms with Crippen LogP contribution in [0, 0.1) is 11.3 Å². The van der Waals surface area contributed by atoms with E-state index in [9.17, 15) is 14.7 Å². The molecule has 166 valence electrons. The summed E-state index contributed by atoms with van der Waals surface area (Å²) in [6.45, 7) is 10.7. The topological polar surface area (TPSA) is 83.8 Å². The lowest BCUT2D eigenvalue weighted by Crippen LogP contribution is -2.26. The zero-order valence-corrected chi connectivity index (χ0v) is 19.0. The van der Waals surface area contributed by atoms with Crippen LogP contribution >= 0.6 is 0 Å². The maximum absolute atomic E-state index is 11.2. The van der Waals surface area contributed by atoms with Gasteiger partial charge in [-0.05, 0) is 63.0 Å². The molecule has 1 aromatic carbocycles. The van der Waals surface area contributed by atoms with Gasteiger partial charge >= 0.3 is 5.97 Å². The predicted molar refractivity (Wildman–Crippen MR) is 121 cm³/mol. The second-order valence-electron chi connectivity index (χ2n) is 7.83. The summed E-state index contributed by atoms with van der Waals surface area (Å²) in [4.78, 5) is 21.5. The van der Waals surface area contributed by atoms with E-state index in [4.69, 9.17) is 9.84 Å². The SMILES string of the molecule is CC(C)C(=O)CO.C\C=C/C=C(\C=C\Oc1cccc(CC(C)(C)C(=O)O)c1)CC. The van der Waals surface area contributed by atoms with Crippen molar-refractivity contribution in [3.05, 3.63) is 66.0 Å². The number of carboxylic acid groups (broad SMARTS) is 1. The molecule has 1 aromatic rings. The van der Waals surface area contributed by atoms with Crippen LogP contribution in [0.1, 0.15) is 53.5 Å². The molecule has 0 saturated carbocycles. The number of ether oxygens (including phenoxy) is 1. The van der Waals surface area contributed by atoms with Gasteiger partial charge in [-0.25, -0.2) is 0 Å². The second-order valence-corrected chi connectivity index (χ2v) is 7.83. The van der Waals surface area contributed by atoms with Gasteiger partial charge in [-0.15, -0.1) is 0 Å². The van der Waals surface area contributed by atoms with E-state index >= 15 is 0 Å². The van der Waals surface area contributed by atoms with E-state index in [1.807, 2.05) is 55.5 Å². The summed E-state index contributed by atoms with van der Waals surface area (Å²) >= 11 is 0. The van der Waals surface area contributed by atoms with Crippen molar-refractivity contribution in [1.29, 1.82) is 0 Å². The second kappa shape index (κ2) is 14.3. The quantitative estimate of drug-likeness (QED) is 0.397. The van der Waals surface area contributed by atoms with Gasteiger partial charge in [0.1, 0.15) is 12.4 Å². The van der Waals surface area contributed by atoms with Crippen LogP contribution in [0.4, 0.5) is 0 Å². The van der Waals surface area contributed by atoms with Gasteiger partial charge in [0.25, 0.3) is 0 Å². The zero-order chi connectivity index (χ0) is 23.2. The molecule has 5 nitrogen and oxygen atoms in total. The van der Waals surface area contributed by atoms with E-state index in [0.29, 0.717) is 12.2 Å². The number of allylic oxidation sites excluding steroid dienone is 5. The van der Waals surface area contributed by atoms with Crippen LogP contribution in [0.3, 0.4) is 0 Å². The predicted octanol–water partition coefficient (Wildman–Crippen LogP) is 5.35. The van der Waals surface area contributed by atoms with E-state index in [-0.39, 0.29) is 18.3 Å². The summed E-state index contributed by atoms with van der Waals surface area (Å²) in [6, 6.07) is 7.55. The third-order valence-corrected chi connectivity index (χ3v) is 4.32. The Bertz CT molecular complexity index is 755. The number of carbonyl (C=O) groups is 2. The minimum Gasteiger partial charge on any atom is -0.481 e. The fourth-order valence-electron chi connectivity index (χ4n) is 2.21. The van der Waals surface area contributed by atoms with E-state index in [2.05, 4.69) is 6.92 Å². The van der Waals surface area contributed by atoms with Crippen LogP contribution in [-0.4, -0.2) is 28.6 Å². The summed E-state index contributed by atoms with van der Waals surface area (Å²) in [5, 5.41) is 17.4. The molecular formula is C25H36O5. The third-order valence-electron chi connectivity index (χ3n) is 4.32. The summed E-state index contributed by atoms with van der Waals surface area (Å²) in [7, 11) is 0. The van der Waals surface area contributed by atoms with Gasteiger partial charge in [0.15, 0.2) is 5.78 Å². The van der Waals surface area contributed by atoms with Crippen LogP contribution in [0.2, 0.25) is 0 Å². The van der Waals surface area contributed by atoms with Crippen LogP contribution in [-0.2, 0) is 16.0 Å². The van der Waals surface area contributed by atoms with Crippen LogP contribution in [0.25, 0.3) is 0 Å². The maximum atomic E-state index is 11.2. The van der Waals surface area contributed by atoms with E-state index in [1.165, 1.54) is 5.57 Å². The Morgan fingerprint density at radius 3 is 2.37 bits per heavy atom. The molecule has 30 heavy (non-hydrogen) atoms. The first-order valence-electron chi connectivity index (χ1n) is 10.2. The Morgan fingerprint density at radius 2 is 1.90 bits per heavy atom. The largest absolute Gasteiger partial charge is 0.481 e. The smallest absolute Gasteiger partial charge is 0.309 e. The lowest BCUT2D eigenvalue weighted by atomic mass is 9.86. The Kier molecular flexibility index (Phi) is 13.1. The van der Waals surface area contributed by atoms with Gasteiger partial charge < -0.3 is 14.9 Å². The highest BCUT2D eigenvalue weighted by atomic mass is 16.5. The number of aliphatic hydroxyl groups excluding tert-OH is 1. The van der Waals surface area contributed by atoms with Gasteiger partial charge in [0.05, 0.1) is 11.7 Å². The first-order valence-corrected chi connectivity index (χ1v) is 10.2. The molecular weight excluding hydrogens is 380 g/mol. The molecule has 0 atom stereocenters. The maximum Gasteiger partial charge on any atom is 0.309 e. The molecule has 0 bridgehead atoms. The van der Waals surface area contributed by atoms with Crippen molar-refractivity contribution in [3.63, 3.8) is 0 Å². The van der Waals surface area contributed by atoms with Gasteiger partial charge in [0, 0.05) is 5.92 Å². The normalized spacial score (nSPS) is 12.2. The van der Waals surface area contributed by atoms with Crippen LogP contribution in [0.15, 0.2) is 60.4 Å². The molecule has 0 amide bonds. The van der Waals surface area contributed by atoms with Gasteiger partial charge in [-0.2, -0.15) is 0 Å². The average molecular weight is 417 g/mol. The molecule has 0 heterocycles. The standard InChI is InChI=1S/C20H26O3.C5H10O2/c1-5-7-9-16(6-2)12-13-23-18-11-8-10-17(14-18)15-20(3,4)19(21)22;1-4(2)5(7)3-6/h5,7-14H,6,15H2,1-4H3,(H,21,22);4,6H,3H2,1-2H3/b7-5-,13-12+,16-9-;. The first-order chi connectivity index (χ1) is 14.1. The number of ketones is 1. The zero-order valence-electron chi connectivity index (χ0n) is 19.0. The minimum atomic E-state index is -0.801. The van der Waals surface area contributed by atoms with Crippen molar-refractivity contribution in [3.8, 4) is 5.75 Å². The molecule has 0 aliphatic carbocycles. The lowest BCUT2D eigenvalue weighted by Gasteiger charge is -2.19. The van der Waals surface area contributed by atoms with Gasteiger partial charge in [0.2, 0.25) is 0 Å². The number of aliphatic hydroxyl groups is 1. The number of benzene rings is 1. The number of rotatable bonds is 10. The van der Waals surface area contributed by atoms with Crippen molar-refractivity contribution in [2.45, 2.75) is 54.4 Å². The molecule has 1 rings (SSSR count). The average Bonchev–Trinajstić information content (AvgIpc) is 2.70. The molecule has 0 fully saturated rings. The van der Waals surface area contributed by atoms with Crippen LogP contribution < -0.4 is 4.74 Å². The molecule has 0 spiro atoms. The number of hydrogen-bond acceptors (Lipinski definition) is 4. The summed E-state index contributed by atoms with van der Waals surface area (Å²) in [6.07, 6.45) is 11.0. The van der Waals surface area contributed by atoms with Crippen LogP contribution in [0.5, 0.6) is 5.75 Å². The van der Waals surface area contributed by atoms with E-state index < -0.39 is 11.4 Å². The highest BCUT2D eigenvalue weighted by molar-refractivity contribution is 5.81. The fourth-order valence-corrected chi connectivity index (χ4v) is 2.21. The van der Waals surface area contributed by atoms with Crippen molar-refractivity contribution < 1.29 is 24.5 Å². The highest BCUT2D eigenvalue weighted by Crippen LogP contribution is 2.24. The van der Waals surface area contributed by atoms with Crippen molar-refractivity contribution in [2.24, 2.45) is 11.3 Å². The highest BCUT2D eigenvalue weighted by Gasteiger charge is 2.27. The lowest BCUT2D eigenvalue weighted by molar-refractivity contribution is -0.146. The van der Waals surface area contributed by atoms with Gasteiger partial charge in [-0.1, -0.05) is 51.1 Å². The summed E-state index contributed by atoms with van der Waals surface area (Å²) in [5.74, 6) is -0.211. The van der Waals surface area contributed by atoms with Crippen molar-refractivity contribution in [2.75, 3.05) is 6.61 Å². The number of hydrogen-bond donors (Lipinski definition) is 2. The number of carbonyl (C=O) groups excluding carboxylic acids is 1. The van der Waals surface area contributed by atoms with Gasteiger partial charge in [-0.3, -0.25) is 9.59 Å². The van der Waals surface area contributed by atoms with E-state index in [0.717, 1.165) is 12.0 Å². The van der Waals surface area contributed by atoms with Crippen molar-refractivity contribution >= 4 is 11.8 Å². The molecule has 0 aliphatic rings. The Hall–Kier alpha value is -2.66. The molecule has 2 N–H and O–H groups in total. The Labute approximate surface area is 180 Å². The summed E-state index contributed by atoms with van der Waals surface area (Å²) in [5.41, 5.74) is 1.33. The Morgan fingerprint density at radius 1 is 1.23 bits per heavy atom. The molecule has 0 saturated heterocycles. The van der Waals surface area contributed by atoms with Crippen molar-refractivity contribution in [1.82, 2.24) is 0 Å².